The van der Waals surface area contributed by atoms with Crippen molar-refractivity contribution in [3.05, 3.63) is 70.1 Å². The Morgan fingerprint density at radius 3 is 2.63 bits per heavy atom. The first-order valence-corrected chi connectivity index (χ1v) is 17.1. The largest absolute Gasteiger partial charge is 0.423 e. The summed E-state index contributed by atoms with van der Waals surface area (Å²) in [5.74, 6) is 1.50. The van der Waals surface area contributed by atoms with E-state index in [1.807, 2.05) is 26.0 Å². The number of aryl methyl sites for hydroxylation is 3. The van der Waals surface area contributed by atoms with Gasteiger partial charge in [-0.1, -0.05) is 0 Å². The third-order valence-electron chi connectivity index (χ3n) is 9.57. The van der Waals surface area contributed by atoms with E-state index in [1.165, 1.54) is 6.07 Å². The molecule has 0 spiro atoms. The van der Waals surface area contributed by atoms with Crippen LogP contribution in [0.4, 0.5) is 30.5 Å². The Kier molecular flexibility index (Phi) is 9.19. The Balaban J connectivity index is 0.954. The second-order valence-electron chi connectivity index (χ2n) is 13.5. The lowest BCUT2D eigenvalue weighted by Crippen LogP contribution is -2.49. The van der Waals surface area contributed by atoms with Crippen molar-refractivity contribution in [1.29, 1.82) is 0 Å². The number of nitrogens with zero attached hydrogens (tertiary/aromatic N) is 8. The predicted molar refractivity (Wildman–Crippen MR) is 188 cm³/mol. The Morgan fingerprint density at radius 1 is 1.04 bits per heavy atom. The molecule has 0 fully saturated rings. The molecule has 0 radical (unpaired) electrons. The molecule has 6 heterocycles. The zero-order valence-corrected chi connectivity index (χ0v) is 29.3. The lowest BCUT2D eigenvalue weighted by molar-refractivity contribution is -0.136. The highest BCUT2D eigenvalue weighted by molar-refractivity contribution is 6.00. The van der Waals surface area contributed by atoms with Gasteiger partial charge in [-0.3, -0.25) is 14.4 Å². The standard InChI is InChI=1S/C36H38F3N9O4/c1-5-47-30(49)19-41-33-34(47)44-27(18-40-33)23-7-8-26(43-21(23)2)32-42-20-46(45-32)11-6-13-51-14-12-48-28-17-29-24(15-22(28)9-10-35(48,3)4)25(36(37,38)39)16-31(50)52-29/h7-8,15-18,20H,5-6,9-14,19H2,1-4H3,(H,40,41). The molecule has 7 rings (SSSR count). The van der Waals surface area contributed by atoms with Crippen LogP contribution in [0.25, 0.3) is 33.7 Å². The van der Waals surface area contributed by atoms with Crippen LogP contribution in [0, 0.1) is 6.92 Å². The van der Waals surface area contributed by atoms with E-state index >= 15 is 0 Å². The number of benzene rings is 1. The van der Waals surface area contributed by atoms with Gasteiger partial charge in [-0.2, -0.15) is 13.2 Å². The van der Waals surface area contributed by atoms with Gasteiger partial charge < -0.3 is 19.4 Å². The quantitative estimate of drug-likeness (QED) is 0.141. The summed E-state index contributed by atoms with van der Waals surface area (Å²) < 4.78 is 54.0. The van der Waals surface area contributed by atoms with Crippen LogP contribution < -0.4 is 20.7 Å². The van der Waals surface area contributed by atoms with Crippen LogP contribution in [0.1, 0.15) is 50.4 Å². The Morgan fingerprint density at radius 2 is 1.87 bits per heavy atom. The van der Waals surface area contributed by atoms with Crippen LogP contribution in [-0.4, -0.2) is 74.0 Å². The fraction of sp³-hybridized carbons (Fsp3) is 0.417. The number of aromatic nitrogens is 6. The molecule has 13 nitrogen and oxygen atoms in total. The van der Waals surface area contributed by atoms with Crippen molar-refractivity contribution in [1.82, 2.24) is 29.7 Å². The van der Waals surface area contributed by atoms with Gasteiger partial charge in [0, 0.05) is 66.2 Å². The van der Waals surface area contributed by atoms with E-state index in [0.717, 1.165) is 28.9 Å². The average Bonchev–Trinajstić information content (AvgIpc) is 3.58. The van der Waals surface area contributed by atoms with Gasteiger partial charge in [-0.15, -0.1) is 5.10 Å². The number of hydrogen-bond acceptors (Lipinski definition) is 11. The number of carbonyl (C=O) groups excluding carboxylic acids is 1. The van der Waals surface area contributed by atoms with Crippen molar-refractivity contribution in [3.63, 3.8) is 0 Å². The number of fused-ring (bicyclic) bond motifs is 3. The number of rotatable bonds is 10. The van der Waals surface area contributed by atoms with Gasteiger partial charge in [-0.25, -0.2) is 24.7 Å². The first kappa shape index (κ1) is 35.0. The maximum Gasteiger partial charge on any atom is 0.417 e. The molecule has 0 atom stereocenters. The third kappa shape index (κ3) is 6.81. The molecular weight excluding hydrogens is 679 g/mol. The average molecular weight is 718 g/mol. The summed E-state index contributed by atoms with van der Waals surface area (Å²) >= 11 is 0. The molecule has 1 aromatic carbocycles. The first-order valence-electron chi connectivity index (χ1n) is 17.1. The Hall–Kier alpha value is -5.38. The van der Waals surface area contributed by atoms with Crippen molar-refractivity contribution < 1.29 is 27.1 Å². The van der Waals surface area contributed by atoms with Crippen LogP contribution in [0.5, 0.6) is 0 Å². The molecule has 52 heavy (non-hydrogen) atoms. The summed E-state index contributed by atoms with van der Waals surface area (Å²) in [5.41, 5.74) is 1.87. The van der Waals surface area contributed by atoms with E-state index < -0.39 is 17.4 Å². The van der Waals surface area contributed by atoms with Gasteiger partial charge in [0.1, 0.15) is 17.6 Å². The van der Waals surface area contributed by atoms with E-state index in [4.69, 9.17) is 19.1 Å². The van der Waals surface area contributed by atoms with Crippen LogP contribution in [-0.2, 0) is 28.7 Å². The van der Waals surface area contributed by atoms with Gasteiger partial charge in [0.05, 0.1) is 30.6 Å². The smallest absolute Gasteiger partial charge is 0.417 e. The summed E-state index contributed by atoms with van der Waals surface area (Å²) in [6, 6.07) is 7.30. The number of likely N-dealkylation sites (N-methyl/N-ethyl adjacent to an activating group) is 1. The van der Waals surface area contributed by atoms with Gasteiger partial charge in [0.25, 0.3) is 0 Å². The highest BCUT2D eigenvalue weighted by Crippen LogP contribution is 2.41. The lowest BCUT2D eigenvalue weighted by Gasteiger charge is -2.45. The van der Waals surface area contributed by atoms with Crippen molar-refractivity contribution in [2.24, 2.45) is 0 Å². The number of carbonyl (C=O) groups is 1. The van der Waals surface area contributed by atoms with E-state index in [0.29, 0.717) is 80.6 Å². The number of hydrogen-bond donors (Lipinski definition) is 1. The topological polar surface area (TPSA) is 144 Å². The summed E-state index contributed by atoms with van der Waals surface area (Å²) in [7, 11) is 0. The molecule has 0 unspecified atom stereocenters. The molecule has 0 saturated heterocycles. The highest BCUT2D eigenvalue weighted by Gasteiger charge is 2.37. The Bertz CT molecular complexity index is 2220. The molecule has 2 aliphatic rings. The molecule has 272 valence electrons. The fourth-order valence-corrected chi connectivity index (χ4v) is 6.84. The van der Waals surface area contributed by atoms with Crippen LogP contribution in [0.3, 0.4) is 0 Å². The second kappa shape index (κ2) is 13.6. The minimum absolute atomic E-state index is 0.0595. The van der Waals surface area contributed by atoms with Crippen LogP contribution in [0.2, 0.25) is 0 Å². The maximum atomic E-state index is 13.7. The zero-order chi connectivity index (χ0) is 36.8. The molecule has 16 heteroatoms. The van der Waals surface area contributed by atoms with Crippen molar-refractivity contribution >= 4 is 34.2 Å². The van der Waals surface area contributed by atoms with Crippen molar-refractivity contribution in [2.45, 2.75) is 65.2 Å². The van der Waals surface area contributed by atoms with Crippen molar-refractivity contribution in [3.8, 4) is 22.8 Å². The van der Waals surface area contributed by atoms with Gasteiger partial charge >= 0.3 is 11.8 Å². The molecule has 4 aromatic heterocycles. The van der Waals surface area contributed by atoms with E-state index in [1.54, 1.807) is 28.2 Å². The summed E-state index contributed by atoms with van der Waals surface area (Å²) in [6.07, 6.45) is 0.673. The molecule has 5 aromatic rings. The highest BCUT2D eigenvalue weighted by atomic mass is 19.4. The third-order valence-corrected chi connectivity index (χ3v) is 9.57. The molecule has 0 saturated carbocycles. The summed E-state index contributed by atoms with van der Waals surface area (Å²) in [4.78, 5) is 46.4. The number of ether oxygens (including phenoxy) is 1. The summed E-state index contributed by atoms with van der Waals surface area (Å²) in [6.45, 7) is 10.5. The van der Waals surface area contributed by atoms with Crippen LogP contribution in [0.15, 0.2) is 52.1 Å². The minimum atomic E-state index is -4.67. The first-order chi connectivity index (χ1) is 24.8. The maximum absolute atomic E-state index is 13.7. The fourth-order valence-electron chi connectivity index (χ4n) is 6.84. The normalized spacial score (nSPS) is 15.5. The number of anilines is 3. The molecule has 0 bridgehead atoms. The van der Waals surface area contributed by atoms with Crippen molar-refractivity contribution in [2.75, 3.05) is 48.0 Å². The van der Waals surface area contributed by atoms with E-state index in [-0.39, 0.29) is 29.0 Å². The number of halogens is 3. The molecule has 1 amide bonds. The van der Waals surface area contributed by atoms with E-state index in [2.05, 4.69) is 39.1 Å². The monoisotopic (exact) mass is 717 g/mol. The Labute approximate surface area is 296 Å². The lowest BCUT2D eigenvalue weighted by atomic mass is 9.86. The van der Waals surface area contributed by atoms with Gasteiger partial charge in [0.15, 0.2) is 17.5 Å². The molecular formula is C36H38F3N9O4. The number of alkyl halides is 3. The molecule has 1 N–H and O–H groups in total. The van der Waals surface area contributed by atoms with Gasteiger partial charge in [-0.05, 0) is 70.7 Å². The van der Waals surface area contributed by atoms with Crippen LogP contribution >= 0.6 is 0 Å². The second-order valence-corrected chi connectivity index (χ2v) is 13.5. The number of pyridine rings is 1. The predicted octanol–water partition coefficient (Wildman–Crippen LogP) is 5.65. The van der Waals surface area contributed by atoms with Gasteiger partial charge in [0.2, 0.25) is 5.91 Å². The SMILES string of the molecule is CCN1C(=O)CNc2ncc(-c3ccc(-c4ncn(CCCOCCN5c6cc7oc(=O)cc(C(F)(F)F)c7cc6CCC5(C)C)n4)nc3C)nc21. The minimum Gasteiger partial charge on any atom is -0.423 e. The summed E-state index contributed by atoms with van der Waals surface area (Å²) in [5, 5.41) is 7.50. The molecule has 0 aliphatic carbocycles. The number of amides is 1. The zero-order valence-electron chi connectivity index (χ0n) is 29.3. The molecule has 2 aliphatic heterocycles. The van der Waals surface area contributed by atoms with E-state index in [9.17, 15) is 22.8 Å². The number of nitrogens with one attached hydrogen (secondary N) is 1.